The van der Waals surface area contributed by atoms with Gasteiger partial charge in [0.05, 0.1) is 19.8 Å². The molecule has 7 nitrogen and oxygen atoms in total. The lowest BCUT2D eigenvalue weighted by Crippen LogP contribution is -2.48. The van der Waals surface area contributed by atoms with Gasteiger partial charge >= 0.3 is 6.03 Å². The number of benzene rings is 3. The molecule has 4 rings (SSSR count). The highest BCUT2D eigenvalue weighted by Gasteiger charge is 2.24. The van der Waals surface area contributed by atoms with Crippen LogP contribution in [-0.4, -0.2) is 43.1 Å². The highest BCUT2D eigenvalue weighted by molar-refractivity contribution is 14.1. The van der Waals surface area contributed by atoms with Crippen LogP contribution in [-0.2, 0) is 14.4 Å². The third kappa shape index (κ3) is 6.32. The second-order valence-electron chi connectivity index (χ2n) is 7.88. The van der Waals surface area contributed by atoms with Crippen LogP contribution in [0.1, 0.15) is 15.9 Å². The van der Waals surface area contributed by atoms with Crippen LogP contribution in [0, 0.1) is 11.6 Å². The van der Waals surface area contributed by atoms with Crippen LogP contribution in [0.3, 0.4) is 0 Å². The molecule has 1 heterocycles. The standard InChI is InChI=1S/C25H22F2IN3O4/c26-21-13-20(14-22(27)15-21)18-5-7-23(8-6-18)31(25(33)30-9-11-34-12-10-30)16-17-1-3-19(4-2-17)24(32)29-35-28/h1-8,13-15H,9-12,16H2,(H,29,32). The minimum atomic E-state index is -0.657. The molecule has 3 aromatic carbocycles. The second-order valence-corrected chi connectivity index (χ2v) is 8.32. The summed E-state index contributed by atoms with van der Waals surface area (Å²) in [5.41, 5.74) is 5.14. The normalized spacial score (nSPS) is 13.4. The van der Waals surface area contributed by atoms with E-state index < -0.39 is 11.6 Å². The van der Waals surface area contributed by atoms with Crippen LogP contribution < -0.4 is 10.4 Å². The molecule has 1 aliphatic rings. The van der Waals surface area contributed by atoms with Crippen molar-refractivity contribution in [2.75, 3.05) is 31.2 Å². The van der Waals surface area contributed by atoms with Crippen LogP contribution in [0.25, 0.3) is 11.1 Å². The number of hydrogen-bond acceptors (Lipinski definition) is 4. The molecular weight excluding hydrogens is 571 g/mol. The molecule has 1 aliphatic heterocycles. The van der Waals surface area contributed by atoms with Crippen LogP contribution in [0.15, 0.2) is 66.7 Å². The van der Waals surface area contributed by atoms with E-state index in [2.05, 4.69) is 8.65 Å². The minimum Gasteiger partial charge on any atom is -0.378 e. The number of ether oxygens (including phenoxy) is 1. The first-order valence-corrected chi connectivity index (χ1v) is 11.7. The number of anilines is 1. The first kappa shape index (κ1) is 25.0. The second kappa shape index (κ2) is 11.6. The predicted octanol–water partition coefficient (Wildman–Crippen LogP) is 5.10. The number of amides is 3. The van der Waals surface area contributed by atoms with Gasteiger partial charge in [-0.05, 0) is 53.1 Å². The van der Waals surface area contributed by atoms with Gasteiger partial charge in [0.1, 0.15) is 34.6 Å². The van der Waals surface area contributed by atoms with Crippen molar-refractivity contribution in [1.82, 2.24) is 10.4 Å². The third-order valence-corrected chi connectivity index (χ3v) is 5.80. The summed E-state index contributed by atoms with van der Waals surface area (Å²) in [6, 6.07) is 16.9. The van der Waals surface area contributed by atoms with Gasteiger partial charge in [0.15, 0.2) is 0 Å². The maximum absolute atomic E-state index is 13.7. The number of carbonyl (C=O) groups excluding carboxylic acids is 2. The summed E-state index contributed by atoms with van der Waals surface area (Å²) in [5.74, 6) is -1.69. The highest BCUT2D eigenvalue weighted by atomic mass is 127. The fourth-order valence-corrected chi connectivity index (χ4v) is 3.99. The number of hydrogen-bond donors (Lipinski definition) is 1. The zero-order valence-electron chi connectivity index (χ0n) is 18.5. The third-order valence-electron chi connectivity index (χ3n) is 5.58. The SMILES string of the molecule is O=C(NOI)c1ccc(CN(C(=O)N2CCOCC2)c2ccc(-c3cc(F)cc(F)c3)cc2)cc1. The molecule has 0 atom stereocenters. The lowest BCUT2D eigenvalue weighted by molar-refractivity contribution is 0.0548. The summed E-state index contributed by atoms with van der Waals surface area (Å²) >= 11 is 1.57. The van der Waals surface area contributed by atoms with E-state index >= 15 is 0 Å². The molecule has 0 radical (unpaired) electrons. The van der Waals surface area contributed by atoms with Gasteiger partial charge in [-0.15, -0.1) is 0 Å². The monoisotopic (exact) mass is 593 g/mol. The van der Waals surface area contributed by atoms with Crippen molar-refractivity contribution in [1.29, 1.82) is 0 Å². The molecule has 182 valence electrons. The van der Waals surface area contributed by atoms with Crippen molar-refractivity contribution < 1.29 is 26.3 Å². The maximum atomic E-state index is 13.7. The van der Waals surface area contributed by atoms with Crippen molar-refractivity contribution in [2.45, 2.75) is 6.54 Å². The summed E-state index contributed by atoms with van der Waals surface area (Å²) in [5, 5.41) is 0. The summed E-state index contributed by atoms with van der Waals surface area (Å²) in [4.78, 5) is 28.7. The fraction of sp³-hybridized carbons (Fsp3) is 0.200. The Morgan fingerprint density at radius 1 is 0.943 bits per heavy atom. The first-order valence-electron chi connectivity index (χ1n) is 10.8. The average Bonchev–Trinajstić information content (AvgIpc) is 2.87. The van der Waals surface area contributed by atoms with Gasteiger partial charge in [-0.3, -0.25) is 9.69 Å². The van der Waals surface area contributed by atoms with Gasteiger partial charge in [-0.1, -0.05) is 24.3 Å². The molecular formula is C25H22F2IN3O4. The topological polar surface area (TPSA) is 71.1 Å². The average molecular weight is 593 g/mol. The van der Waals surface area contributed by atoms with Gasteiger partial charge in [0.25, 0.3) is 5.91 Å². The number of urea groups is 1. The number of carbonyl (C=O) groups is 2. The van der Waals surface area contributed by atoms with E-state index in [4.69, 9.17) is 4.74 Å². The molecule has 0 unspecified atom stereocenters. The molecule has 3 aromatic rings. The number of morpholine rings is 1. The van der Waals surface area contributed by atoms with Crippen molar-refractivity contribution in [3.63, 3.8) is 0 Å². The van der Waals surface area contributed by atoms with Crippen LogP contribution in [0.5, 0.6) is 0 Å². The molecule has 0 aromatic heterocycles. The molecule has 0 bridgehead atoms. The highest BCUT2D eigenvalue weighted by Crippen LogP contribution is 2.27. The van der Waals surface area contributed by atoms with Crippen molar-refractivity contribution in [3.8, 4) is 11.1 Å². The number of rotatable bonds is 6. The summed E-state index contributed by atoms with van der Waals surface area (Å²) in [7, 11) is 0. The molecule has 1 fully saturated rings. The van der Waals surface area contributed by atoms with E-state index in [1.165, 1.54) is 12.1 Å². The lowest BCUT2D eigenvalue weighted by Gasteiger charge is -2.33. The lowest BCUT2D eigenvalue weighted by atomic mass is 10.0. The Morgan fingerprint density at radius 2 is 1.57 bits per heavy atom. The van der Waals surface area contributed by atoms with Crippen molar-refractivity contribution >= 4 is 40.6 Å². The van der Waals surface area contributed by atoms with Gasteiger partial charge in [0.2, 0.25) is 0 Å². The molecule has 0 aliphatic carbocycles. The molecule has 10 heteroatoms. The first-order chi connectivity index (χ1) is 16.9. The smallest absolute Gasteiger partial charge is 0.324 e. The Bertz CT molecular complexity index is 1170. The maximum Gasteiger partial charge on any atom is 0.324 e. The Labute approximate surface area is 215 Å². The molecule has 1 N–H and O–H groups in total. The predicted molar refractivity (Wildman–Crippen MR) is 135 cm³/mol. The quantitative estimate of drug-likeness (QED) is 0.319. The van der Waals surface area contributed by atoms with E-state index in [9.17, 15) is 18.4 Å². The largest absolute Gasteiger partial charge is 0.378 e. The Kier molecular flexibility index (Phi) is 8.26. The molecule has 1 saturated heterocycles. The Balaban J connectivity index is 1.60. The molecule has 35 heavy (non-hydrogen) atoms. The Morgan fingerprint density at radius 3 is 2.17 bits per heavy atom. The van der Waals surface area contributed by atoms with Crippen LogP contribution >= 0.6 is 23.0 Å². The Hall–Kier alpha value is -3.09. The van der Waals surface area contributed by atoms with Crippen LogP contribution in [0.2, 0.25) is 0 Å². The summed E-state index contributed by atoms with van der Waals surface area (Å²) < 4.78 is 37.3. The van der Waals surface area contributed by atoms with Gasteiger partial charge in [0, 0.05) is 30.4 Å². The number of halogens is 3. The zero-order valence-corrected chi connectivity index (χ0v) is 20.7. The van der Waals surface area contributed by atoms with Crippen molar-refractivity contribution in [3.05, 3.63) is 89.5 Å². The van der Waals surface area contributed by atoms with Crippen molar-refractivity contribution in [2.24, 2.45) is 0 Å². The van der Waals surface area contributed by atoms with E-state index in [1.807, 2.05) is 0 Å². The molecule has 3 amide bonds. The van der Waals surface area contributed by atoms with Gasteiger partial charge < -0.3 is 9.64 Å². The number of nitrogens with one attached hydrogen (secondary N) is 1. The van der Waals surface area contributed by atoms with E-state index in [1.54, 1.807) is 81.3 Å². The summed E-state index contributed by atoms with van der Waals surface area (Å²) in [6.07, 6.45) is 0. The number of hydroxylamine groups is 1. The van der Waals surface area contributed by atoms with Gasteiger partial charge in [-0.25, -0.2) is 22.2 Å². The van der Waals surface area contributed by atoms with Gasteiger partial charge in [-0.2, -0.15) is 0 Å². The minimum absolute atomic E-state index is 0.182. The van der Waals surface area contributed by atoms with E-state index in [0.29, 0.717) is 48.7 Å². The number of nitrogens with zero attached hydrogens (tertiary/aromatic N) is 2. The molecule has 0 spiro atoms. The van der Waals surface area contributed by atoms with E-state index in [-0.39, 0.29) is 18.5 Å². The molecule has 0 saturated carbocycles. The van der Waals surface area contributed by atoms with Crippen LogP contribution in [0.4, 0.5) is 19.3 Å². The zero-order chi connectivity index (χ0) is 24.8. The van der Waals surface area contributed by atoms with E-state index in [0.717, 1.165) is 11.6 Å². The fourth-order valence-electron chi connectivity index (χ4n) is 3.79. The summed E-state index contributed by atoms with van der Waals surface area (Å²) in [6.45, 7) is 2.14.